The van der Waals surface area contributed by atoms with Crippen LogP contribution in [-0.2, 0) is 29.2 Å². The van der Waals surface area contributed by atoms with E-state index in [-0.39, 0.29) is 43.9 Å². The minimum atomic E-state index is -2.96. The molecule has 11 heteroatoms. The van der Waals surface area contributed by atoms with E-state index in [0.717, 1.165) is 5.56 Å². The highest BCUT2D eigenvalue weighted by Gasteiger charge is 2.44. The predicted octanol–water partition coefficient (Wildman–Crippen LogP) is 2.41. The number of hydrogen-bond acceptors (Lipinski definition) is 7. The van der Waals surface area contributed by atoms with E-state index in [0.29, 0.717) is 33.4 Å². The van der Waals surface area contributed by atoms with E-state index in [9.17, 15) is 33.0 Å². The van der Waals surface area contributed by atoms with Crippen LogP contribution in [0, 0.1) is 18.7 Å². The Hall–Kier alpha value is -3.28. The molecule has 37 heavy (non-hydrogen) atoms. The van der Waals surface area contributed by atoms with Crippen molar-refractivity contribution >= 4 is 16.9 Å². The molecule has 3 aromatic rings. The summed E-state index contributed by atoms with van der Waals surface area (Å²) in [5, 5.41) is 20.6. The minimum absolute atomic E-state index is 0.0187. The maximum absolute atomic E-state index is 14.6. The van der Waals surface area contributed by atoms with Crippen LogP contribution in [0.25, 0.3) is 22.3 Å². The molecule has 6 rings (SSSR count). The summed E-state index contributed by atoms with van der Waals surface area (Å²) in [5.41, 5.74) is 2.88. The Labute approximate surface area is 208 Å². The van der Waals surface area contributed by atoms with E-state index in [1.165, 1.54) is 10.6 Å². The fourth-order valence-corrected chi connectivity index (χ4v) is 5.63. The summed E-state index contributed by atoms with van der Waals surface area (Å²) in [7, 11) is 0. The Kier molecular flexibility index (Phi) is 5.45. The maximum atomic E-state index is 14.6. The summed E-state index contributed by atoms with van der Waals surface area (Å²) in [6, 6.07) is 4.52. The zero-order chi connectivity index (χ0) is 26.2. The predicted molar refractivity (Wildman–Crippen MR) is 125 cm³/mol. The summed E-state index contributed by atoms with van der Waals surface area (Å²) in [4.78, 5) is 31.7. The number of halogens is 3. The van der Waals surface area contributed by atoms with Crippen molar-refractivity contribution in [1.82, 2.24) is 14.5 Å². The van der Waals surface area contributed by atoms with Crippen molar-refractivity contribution < 1.29 is 32.9 Å². The first kappa shape index (κ1) is 24.1. The van der Waals surface area contributed by atoms with Gasteiger partial charge in [0.15, 0.2) is 6.10 Å². The third kappa shape index (κ3) is 3.67. The minimum Gasteiger partial charge on any atom is -0.458 e. The Morgan fingerprint density at radius 2 is 2.00 bits per heavy atom. The largest absolute Gasteiger partial charge is 0.458 e. The second-order valence-electron chi connectivity index (χ2n) is 10.0. The van der Waals surface area contributed by atoms with E-state index in [1.807, 2.05) is 4.90 Å². The van der Waals surface area contributed by atoms with Crippen LogP contribution < -0.4 is 5.56 Å². The van der Waals surface area contributed by atoms with Gasteiger partial charge in [-0.1, -0.05) is 0 Å². The molecule has 3 aliphatic heterocycles. The molecule has 5 heterocycles. The maximum Gasteiger partial charge on any atom is 0.340 e. The van der Waals surface area contributed by atoms with Gasteiger partial charge in [0.1, 0.15) is 12.4 Å². The third-order valence-electron chi connectivity index (χ3n) is 7.79. The number of aliphatic hydroxyl groups is 2. The van der Waals surface area contributed by atoms with Gasteiger partial charge in [-0.3, -0.25) is 9.69 Å². The number of likely N-dealkylation sites (tertiary alicyclic amines) is 1. The number of aliphatic hydroxyl groups excluding tert-OH is 2. The smallest absolute Gasteiger partial charge is 0.340 e. The van der Waals surface area contributed by atoms with Gasteiger partial charge in [-0.25, -0.2) is 22.9 Å². The van der Waals surface area contributed by atoms with Crippen LogP contribution in [0.5, 0.6) is 0 Å². The summed E-state index contributed by atoms with van der Waals surface area (Å²) < 4.78 is 49.5. The Morgan fingerprint density at radius 3 is 2.76 bits per heavy atom. The number of nitrogens with zero attached hydrogens (tertiary/aromatic N) is 3. The number of aryl methyl sites for hydroxylation is 1. The molecule has 2 unspecified atom stereocenters. The number of alkyl halides is 2. The van der Waals surface area contributed by atoms with Crippen molar-refractivity contribution in [1.29, 1.82) is 0 Å². The standard InChI is InChI=1S/C26H24F3N3O5/c1-12-4-14-16(8-31-3-2-26(28,29)13(7-31)10-33)17-9-32-21(22(17)30-20(14)6-19(12)27)5-15-18(24(32)35)11-37-25(36)23(15)34/h4-6,13,23,33-34H,2-3,7-11H2,1H3. The first-order valence-corrected chi connectivity index (χ1v) is 12.0. The topological polar surface area (TPSA) is 105 Å². The van der Waals surface area contributed by atoms with Crippen LogP contribution in [-0.4, -0.2) is 56.3 Å². The van der Waals surface area contributed by atoms with E-state index >= 15 is 0 Å². The molecule has 3 aliphatic rings. The van der Waals surface area contributed by atoms with Gasteiger partial charge < -0.3 is 19.5 Å². The quantitative estimate of drug-likeness (QED) is 0.404. The highest BCUT2D eigenvalue weighted by Crippen LogP contribution is 2.40. The number of esters is 1. The van der Waals surface area contributed by atoms with Gasteiger partial charge >= 0.3 is 5.97 Å². The molecule has 2 atom stereocenters. The lowest BCUT2D eigenvalue weighted by atomic mass is 9.92. The van der Waals surface area contributed by atoms with Crippen LogP contribution in [0.15, 0.2) is 23.0 Å². The molecule has 1 saturated heterocycles. The summed E-state index contributed by atoms with van der Waals surface area (Å²) in [5.74, 6) is -5.47. The second kappa shape index (κ2) is 8.37. The number of fused-ring (bicyclic) bond motifs is 5. The number of carbonyl (C=O) groups is 1. The molecule has 2 N–H and O–H groups in total. The molecule has 0 bridgehead atoms. The van der Waals surface area contributed by atoms with Gasteiger partial charge in [-0.15, -0.1) is 0 Å². The van der Waals surface area contributed by atoms with E-state index < -0.39 is 48.3 Å². The Balaban J connectivity index is 1.52. The Bertz CT molecular complexity index is 1540. The fraction of sp³-hybridized carbons (Fsp3) is 0.423. The van der Waals surface area contributed by atoms with Crippen LogP contribution in [0.2, 0.25) is 0 Å². The first-order valence-electron chi connectivity index (χ1n) is 12.0. The number of rotatable bonds is 3. The second-order valence-corrected chi connectivity index (χ2v) is 10.0. The molecule has 0 radical (unpaired) electrons. The van der Waals surface area contributed by atoms with Gasteiger partial charge in [0.25, 0.3) is 11.5 Å². The van der Waals surface area contributed by atoms with Crippen molar-refractivity contribution in [3.8, 4) is 11.4 Å². The molecule has 194 valence electrons. The van der Waals surface area contributed by atoms with Crippen molar-refractivity contribution in [3.05, 3.63) is 62.2 Å². The number of pyridine rings is 2. The van der Waals surface area contributed by atoms with E-state index in [1.54, 1.807) is 19.1 Å². The van der Waals surface area contributed by atoms with E-state index in [2.05, 4.69) is 4.98 Å². The molecule has 0 saturated carbocycles. The molecule has 1 fully saturated rings. The van der Waals surface area contributed by atoms with Crippen molar-refractivity contribution in [2.45, 2.75) is 45.1 Å². The van der Waals surface area contributed by atoms with Crippen LogP contribution in [0.4, 0.5) is 13.2 Å². The summed E-state index contributed by atoms with van der Waals surface area (Å²) in [6.45, 7) is 1.20. The van der Waals surface area contributed by atoms with Crippen LogP contribution in [0.1, 0.15) is 40.3 Å². The number of hydrogen-bond donors (Lipinski definition) is 2. The molecule has 8 nitrogen and oxygen atoms in total. The highest BCUT2D eigenvalue weighted by molar-refractivity contribution is 5.89. The van der Waals surface area contributed by atoms with Crippen LogP contribution in [0.3, 0.4) is 0 Å². The number of aromatic nitrogens is 2. The molecular formula is C26H24F3N3O5. The zero-order valence-corrected chi connectivity index (χ0v) is 19.9. The van der Waals surface area contributed by atoms with Gasteiger partial charge in [0, 0.05) is 48.6 Å². The van der Waals surface area contributed by atoms with Gasteiger partial charge in [-0.05, 0) is 30.2 Å². The van der Waals surface area contributed by atoms with Crippen molar-refractivity contribution in [2.75, 3.05) is 19.7 Å². The number of benzene rings is 1. The lowest BCUT2D eigenvalue weighted by molar-refractivity contribution is -0.157. The molecule has 0 spiro atoms. The van der Waals surface area contributed by atoms with Crippen molar-refractivity contribution in [3.63, 3.8) is 0 Å². The monoisotopic (exact) mass is 515 g/mol. The molecule has 1 aromatic carbocycles. The Morgan fingerprint density at radius 1 is 1.22 bits per heavy atom. The van der Waals surface area contributed by atoms with Crippen LogP contribution >= 0.6 is 0 Å². The summed E-state index contributed by atoms with van der Waals surface area (Å²) >= 11 is 0. The lowest BCUT2D eigenvalue weighted by Crippen LogP contribution is -2.48. The molecule has 2 aromatic heterocycles. The number of piperidine rings is 1. The normalized spacial score (nSPS) is 22.5. The summed E-state index contributed by atoms with van der Waals surface area (Å²) in [6.07, 6.45) is -1.99. The first-order chi connectivity index (χ1) is 17.6. The molecule has 0 amide bonds. The highest BCUT2D eigenvalue weighted by atomic mass is 19.3. The number of carbonyl (C=O) groups excluding carboxylic acids is 1. The SMILES string of the molecule is Cc1cc2c(CN3CCC(F)(F)C(CO)C3)c3c(nc2cc1F)-c1cc2c(c(=O)n1C3)COC(=O)C2O. The number of cyclic esters (lactones) is 1. The van der Waals surface area contributed by atoms with Gasteiger partial charge in [0.05, 0.1) is 41.5 Å². The third-order valence-corrected chi connectivity index (χ3v) is 7.79. The number of ether oxygens (including phenoxy) is 1. The average Bonchev–Trinajstić information content (AvgIpc) is 3.22. The van der Waals surface area contributed by atoms with Gasteiger partial charge in [0.2, 0.25) is 0 Å². The lowest BCUT2D eigenvalue weighted by Gasteiger charge is -2.38. The molecule has 0 aliphatic carbocycles. The van der Waals surface area contributed by atoms with Gasteiger partial charge in [-0.2, -0.15) is 0 Å². The van der Waals surface area contributed by atoms with Crippen molar-refractivity contribution in [2.24, 2.45) is 5.92 Å². The fourth-order valence-electron chi connectivity index (χ4n) is 5.63. The van der Waals surface area contributed by atoms with E-state index in [4.69, 9.17) is 4.74 Å². The molecular weight excluding hydrogens is 491 g/mol. The average molecular weight is 515 g/mol. The zero-order valence-electron chi connectivity index (χ0n) is 19.9.